The molecule has 0 aromatic heterocycles. The van der Waals surface area contributed by atoms with Crippen LogP contribution in [-0.2, 0) is 11.3 Å². The average molecular weight is 371 g/mol. The topological polar surface area (TPSA) is 49.4 Å². The van der Waals surface area contributed by atoms with Crippen molar-refractivity contribution < 1.29 is 9.59 Å². The number of hydrogen-bond donors (Lipinski definition) is 1. The fourth-order valence-electron chi connectivity index (χ4n) is 3.36. The number of carbonyl (C=O) groups excluding carboxylic acids is 2. The van der Waals surface area contributed by atoms with Crippen molar-refractivity contribution in [2.45, 2.75) is 26.3 Å². The van der Waals surface area contributed by atoms with Gasteiger partial charge in [-0.2, -0.15) is 0 Å². The van der Waals surface area contributed by atoms with E-state index in [2.05, 4.69) is 5.32 Å². The molecule has 3 rings (SSSR count). The second kappa shape index (κ2) is 7.92. The van der Waals surface area contributed by atoms with Crippen LogP contribution in [0.4, 0.5) is 0 Å². The Labute approximate surface area is 159 Å². The van der Waals surface area contributed by atoms with Gasteiger partial charge in [-0.05, 0) is 49.6 Å². The highest BCUT2D eigenvalue weighted by atomic mass is 35.5. The Morgan fingerprint density at radius 2 is 1.81 bits per heavy atom. The summed E-state index contributed by atoms with van der Waals surface area (Å²) in [4.78, 5) is 27.3. The normalized spacial score (nSPS) is 19.8. The predicted octanol–water partition coefficient (Wildman–Crippen LogP) is 3.90. The zero-order valence-electron chi connectivity index (χ0n) is 14.9. The highest BCUT2D eigenvalue weighted by Crippen LogP contribution is 2.30. The van der Waals surface area contributed by atoms with E-state index in [9.17, 15) is 9.59 Å². The number of hydrogen-bond acceptors (Lipinski definition) is 2. The third-order valence-electron chi connectivity index (χ3n) is 4.92. The smallest absolute Gasteiger partial charge is 0.253 e. The molecule has 26 heavy (non-hydrogen) atoms. The SMILES string of the molecule is CC1(C(=O)NCc2ccccc2)CCCN(C(=O)c2ccc(Cl)cc2)C1. The minimum Gasteiger partial charge on any atom is -0.351 e. The molecular weight excluding hydrogens is 348 g/mol. The standard InChI is InChI=1S/C21H23ClN2O2/c1-21(20(26)23-14-16-6-3-2-4-7-16)12-5-13-24(15-21)19(25)17-8-10-18(22)11-9-17/h2-4,6-11H,5,12-15H2,1H3,(H,23,26). The Kier molecular flexibility index (Phi) is 5.62. The summed E-state index contributed by atoms with van der Waals surface area (Å²) in [5.74, 6) is -0.0570. The number of likely N-dealkylation sites (tertiary alicyclic amines) is 1. The number of halogens is 1. The van der Waals surface area contributed by atoms with Crippen molar-refractivity contribution in [2.24, 2.45) is 5.41 Å². The number of benzene rings is 2. The zero-order chi connectivity index (χ0) is 18.6. The van der Waals surface area contributed by atoms with Crippen molar-refractivity contribution >= 4 is 23.4 Å². The highest BCUT2D eigenvalue weighted by molar-refractivity contribution is 6.30. The van der Waals surface area contributed by atoms with Crippen molar-refractivity contribution in [1.82, 2.24) is 10.2 Å². The summed E-state index contributed by atoms with van der Waals surface area (Å²) in [7, 11) is 0. The quantitative estimate of drug-likeness (QED) is 0.887. The Hall–Kier alpha value is -2.33. The first-order valence-electron chi connectivity index (χ1n) is 8.85. The summed E-state index contributed by atoms with van der Waals surface area (Å²) in [6, 6.07) is 16.7. The van der Waals surface area contributed by atoms with Gasteiger partial charge in [0, 0.05) is 30.2 Å². The lowest BCUT2D eigenvalue weighted by molar-refractivity contribution is -0.132. The molecule has 0 bridgehead atoms. The van der Waals surface area contributed by atoms with Crippen LogP contribution < -0.4 is 5.32 Å². The summed E-state index contributed by atoms with van der Waals surface area (Å²) in [6.07, 6.45) is 1.59. The van der Waals surface area contributed by atoms with E-state index < -0.39 is 5.41 Å². The third-order valence-corrected chi connectivity index (χ3v) is 5.17. The van der Waals surface area contributed by atoms with Crippen LogP contribution >= 0.6 is 11.6 Å². The average Bonchev–Trinajstić information content (AvgIpc) is 2.67. The second-order valence-electron chi connectivity index (χ2n) is 7.07. The van der Waals surface area contributed by atoms with Crippen molar-refractivity contribution in [3.05, 3.63) is 70.7 Å². The fraction of sp³-hybridized carbons (Fsp3) is 0.333. The first-order valence-corrected chi connectivity index (χ1v) is 9.23. The third kappa shape index (κ3) is 4.25. The molecule has 1 unspecified atom stereocenters. The molecule has 136 valence electrons. The van der Waals surface area contributed by atoms with E-state index in [4.69, 9.17) is 11.6 Å². The van der Waals surface area contributed by atoms with Crippen LogP contribution in [0, 0.1) is 5.41 Å². The van der Waals surface area contributed by atoms with Gasteiger partial charge in [0.15, 0.2) is 0 Å². The van der Waals surface area contributed by atoms with Gasteiger partial charge in [0.1, 0.15) is 0 Å². The number of piperidine rings is 1. The molecule has 1 saturated heterocycles. The summed E-state index contributed by atoms with van der Waals surface area (Å²) in [5, 5.41) is 3.62. The Morgan fingerprint density at radius 3 is 2.50 bits per heavy atom. The molecule has 1 fully saturated rings. The molecular formula is C21H23ClN2O2. The van der Waals surface area contributed by atoms with E-state index in [0.717, 1.165) is 18.4 Å². The Balaban J connectivity index is 1.64. The highest BCUT2D eigenvalue weighted by Gasteiger charge is 2.39. The molecule has 2 aromatic carbocycles. The van der Waals surface area contributed by atoms with Gasteiger partial charge in [-0.3, -0.25) is 9.59 Å². The van der Waals surface area contributed by atoms with E-state index in [0.29, 0.717) is 30.2 Å². The van der Waals surface area contributed by atoms with Gasteiger partial charge in [0.25, 0.3) is 5.91 Å². The van der Waals surface area contributed by atoms with E-state index in [1.807, 2.05) is 37.3 Å². The van der Waals surface area contributed by atoms with Gasteiger partial charge >= 0.3 is 0 Å². The first kappa shape index (κ1) is 18.5. The van der Waals surface area contributed by atoms with Crippen LogP contribution in [-0.4, -0.2) is 29.8 Å². The van der Waals surface area contributed by atoms with E-state index >= 15 is 0 Å². The van der Waals surface area contributed by atoms with Crippen LogP contribution in [0.2, 0.25) is 5.02 Å². The Bertz CT molecular complexity index is 776. The van der Waals surface area contributed by atoms with Gasteiger partial charge < -0.3 is 10.2 Å². The first-order chi connectivity index (χ1) is 12.5. The lowest BCUT2D eigenvalue weighted by Crippen LogP contribution is -2.51. The monoisotopic (exact) mass is 370 g/mol. The minimum atomic E-state index is -0.574. The molecule has 4 nitrogen and oxygen atoms in total. The van der Waals surface area contributed by atoms with Crippen LogP contribution in [0.1, 0.15) is 35.7 Å². The number of amides is 2. The molecule has 1 N–H and O–H groups in total. The van der Waals surface area contributed by atoms with E-state index in [1.165, 1.54) is 0 Å². The lowest BCUT2D eigenvalue weighted by Gasteiger charge is -2.39. The molecule has 1 aliphatic heterocycles. The minimum absolute atomic E-state index is 0.00467. The largest absolute Gasteiger partial charge is 0.351 e. The van der Waals surface area contributed by atoms with Gasteiger partial charge in [-0.1, -0.05) is 41.9 Å². The van der Waals surface area contributed by atoms with Gasteiger partial charge in [-0.25, -0.2) is 0 Å². The van der Waals surface area contributed by atoms with E-state index in [-0.39, 0.29) is 11.8 Å². The number of rotatable bonds is 4. The molecule has 2 amide bonds. The molecule has 5 heteroatoms. The molecule has 0 saturated carbocycles. The van der Waals surface area contributed by atoms with E-state index in [1.54, 1.807) is 29.2 Å². The maximum Gasteiger partial charge on any atom is 0.253 e. The Morgan fingerprint density at radius 1 is 1.12 bits per heavy atom. The molecule has 1 atom stereocenters. The summed E-state index contributed by atoms with van der Waals surface area (Å²) < 4.78 is 0. The number of nitrogens with one attached hydrogen (secondary N) is 1. The predicted molar refractivity (Wildman–Crippen MR) is 103 cm³/mol. The fourth-order valence-corrected chi connectivity index (χ4v) is 3.49. The number of carbonyl (C=O) groups is 2. The van der Waals surface area contributed by atoms with Crippen molar-refractivity contribution in [2.75, 3.05) is 13.1 Å². The van der Waals surface area contributed by atoms with Crippen molar-refractivity contribution in [3.8, 4) is 0 Å². The van der Waals surface area contributed by atoms with Crippen molar-refractivity contribution in [1.29, 1.82) is 0 Å². The van der Waals surface area contributed by atoms with Crippen LogP contribution in [0.15, 0.2) is 54.6 Å². The van der Waals surface area contributed by atoms with Crippen molar-refractivity contribution in [3.63, 3.8) is 0 Å². The van der Waals surface area contributed by atoms with Crippen LogP contribution in [0.3, 0.4) is 0 Å². The lowest BCUT2D eigenvalue weighted by atomic mass is 9.80. The maximum atomic E-state index is 12.8. The number of nitrogens with zero attached hydrogens (tertiary/aromatic N) is 1. The molecule has 2 aromatic rings. The van der Waals surface area contributed by atoms with Crippen LogP contribution in [0.25, 0.3) is 0 Å². The molecule has 1 aliphatic rings. The van der Waals surface area contributed by atoms with Gasteiger partial charge in [0.2, 0.25) is 5.91 Å². The van der Waals surface area contributed by atoms with Gasteiger partial charge in [-0.15, -0.1) is 0 Å². The molecule has 0 radical (unpaired) electrons. The zero-order valence-corrected chi connectivity index (χ0v) is 15.6. The maximum absolute atomic E-state index is 12.8. The van der Waals surface area contributed by atoms with Crippen LogP contribution in [0.5, 0.6) is 0 Å². The summed E-state index contributed by atoms with van der Waals surface area (Å²) in [6.45, 7) is 3.53. The second-order valence-corrected chi connectivity index (χ2v) is 7.50. The summed E-state index contributed by atoms with van der Waals surface area (Å²) >= 11 is 5.90. The van der Waals surface area contributed by atoms with Gasteiger partial charge in [0.05, 0.1) is 5.41 Å². The molecule has 0 spiro atoms. The summed E-state index contributed by atoms with van der Waals surface area (Å²) in [5.41, 5.74) is 1.09. The molecule has 0 aliphatic carbocycles. The molecule has 1 heterocycles.